The lowest BCUT2D eigenvalue weighted by atomic mass is 10.0. The van der Waals surface area contributed by atoms with Crippen LogP contribution in [0.15, 0.2) is 35.8 Å². The van der Waals surface area contributed by atoms with E-state index in [0.717, 1.165) is 0 Å². The van der Waals surface area contributed by atoms with Gasteiger partial charge >= 0.3 is 0 Å². The molecule has 0 spiro atoms. The van der Waals surface area contributed by atoms with E-state index in [-0.39, 0.29) is 71.0 Å². The smallest absolute Gasteiger partial charge is 0.276 e. The molecule has 1 saturated heterocycles. The van der Waals surface area contributed by atoms with Crippen molar-refractivity contribution in [3.8, 4) is 28.8 Å². The number of pyridine rings is 3. The average molecular weight is 674 g/mol. The van der Waals surface area contributed by atoms with Crippen molar-refractivity contribution in [3.05, 3.63) is 84.9 Å². The van der Waals surface area contributed by atoms with Crippen LogP contribution in [0.4, 0.5) is 14.5 Å². The van der Waals surface area contributed by atoms with Gasteiger partial charge in [0.2, 0.25) is 5.91 Å². The first-order valence-electron chi connectivity index (χ1n) is 13.7. The fourth-order valence-corrected chi connectivity index (χ4v) is 6.17. The number of nitriles is 1. The standard InChI is InChI=1S/C31H25Cl3F2N6O3/c1-5-19(43)40-8-10-41(11-9-40)28-16-12-18(32)26(20-21(33)23(35)24(36)22(34)29(20)44)39-30(16)42(31(45)17(28)13-37)27-15(4)6-7-38-25(27)14(2)3/h5-7,12,14,44H,1,8-11H2,2-4H3. The number of phenols is 1. The lowest BCUT2D eigenvalue weighted by Crippen LogP contribution is -2.49. The summed E-state index contributed by atoms with van der Waals surface area (Å²) in [6.07, 6.45) is 2.81. The minimum absolute atomic E-state index is 0.0210. The van der Waals surface area contributed by atoms with E-state index in [1.807, 2.05) is 19.9 Å². The van der Waals surface area contributed by atoms with Crippen molar-refractivity contribution in [3.63, 3.8) is 0 Å². The van der Waals surface area contributed by atoms with E-state index in [1.165, 1.54) is 16.7 Å². The second-order valence-corrected chi connectivity index (χ2v) is 11.8. The highest BCUT2D eigenvalue weighted by atomic mass is 35.5. The van der Waals surface area contributed by atoms with E-state index in [2.05, 4.69) is 16.5 Å². The molecule has 9 nitrogen and oxygen atoms in total. The number of carbonyl (C=O) groups excluding carboxylic acids is 1. The molecule has 1 aliphatic rings. The van der Waals surface area contributed by atoms with Crippen molar-refractivity contribution in [1.82, 2.24) is 19.4 Å². The summed E-state index contributed by atoms with van der Waals surface area (Å²) >= 11 is 18.8. The fraction of sp³-hybridized carbons (Fsp3) is 0.258. The average Bonchev–Trinajstić information content (AvgIpc) is 3.02. The van der Waals surface area contributed by atoms with Crippen molar-refractivity contribution in [2.45, 2.75) is 26.7 Å². The lowest BCUT2D eigenvalue weighted by Gasteiger charge is -2.36. The Balaban J connectivity index is 1.93. The van der Waals surface area contributed by atoms with Crippen LogP contribution in [0.1, 0.15) is 36.6 Å². The van der Waals surface area contributed by atoms with Crippen molar-refractivity contribution in [2.24, 2.45) is 0 Å². The van der Waals surface area contributed by atoms with Crippen LogP contribution < -0.4 is 10.5 Å². The summed E-state index contributed by atoms with van der Waals surface area (Å²) in [5.41, 5.74) is 0.0481. The number of benzene rings is 1. The van der Waals surface area contributed by atoms with Crippen LogP contribution >= 0.6 is 34.8 Å². The molecule has 0 unspecified atom stereocenters. The van der Waals surface area contributed by atoms with Crippen LogP contribution in [0.3, 0.4) is 0 Å². The first-order chi connectivity index (χ1) is 21.3. The van der Waals surface area contributed by atoms with Gasteiger partial charge in [-0.3, -0.25) is 19.1 Å². The van der Waals surface area contributed by atoms with Crippen LogP contribution in [0, 0.1) is 29.9 Å². The third kappa shape index (κ3) is 5.27. The largest absolute Gasteiger partial charge is 0.506 e. The van der Waals surface area contributed by atoms with Crippen LogP contribution in [0.2, 0.25) is 15.1 Å². The number of aromatic hydroxyl groups is 1. The minimum Gasteiger partial charge on any atom is -0.506 e. The molecule has 232 valence electrons. The molecule has 1 aliphatic heterocycles. The van der Waals surface area contributed by atoms with Gasteiger partial charge < -0.3 is 14.9 Å². The lowest BCUT2D eigenvalue weighted by molar-refractivity contribution is -0.126. The van der Waals surface area contributed by atoms with E-state index in [1.54, 1.807) is 29.0 Å². The molecule has 0 bridgehead atoms. The second kappa shape index (κ2) is 12.3. The molecular formula is C31H25Cl3F2N6O3. The summed E-state index contributed by atoms with van der Waals surface area (Å²) in [7, 11) is 0. The van der Waals surface area contributed by atoms with Crippen molar-refractivity contribution >= 4 is 57.4 Å². The van der Waals surface area contributed by atoms with Crippen molar-refractivity contribution in [1.29, 1.82) is 5.26 Å². The molecule has 0 saturated carbocycles. The van der Waals surface area contributed by atoms with Gasteiger partial charge in [-0.2, -0.15) is 5.26 Å². The van der Waals surface area contributed by atoms with E-state index >= 15 is 0 Å². The van der Waals surface area contributed by atoms with Gasteiger partial charge in [0.1, 0.15) is 28.1 Å². The number of aryl methyl sites for hydroxylation is 1. The molecule has 0 radical (unpaired) electrons. The highest BCUT2D eigenvalue weighted by Gasteiger charge is 2.31. The van der Waals surface area contributed by atoms with Gasteiger partial charge in [-0.15, -0.1) is 0 Å². The molecule has 4 aromatic rings. The monoisotopic (exact) mass is 672 g/mol. The maximum Gasteiger partial charge on any atom is 0.276 e. The number of piperazine rings is 1. The van der Waals surface area contributed by atoms with E-state index in [0.29, 0.717) is 16.9 Å². The number of aromatic nitrogens is 3. The highest BCUT2D eigenvalue weighted by Crippen LogP contribution is 2.47. The molecule has 5 rings (SSSR count). The maximum atomic E-state index is 14.8. The minimum atomic E-state index is -1.56. The zero-order valence-electron chi connectivity index (χ0n) is 24.3. The molecule has 14 heteroatoms. The molecule has 1 amide bonds. The van der Waals surface area contributed by atoms with Gasteiger partial charge in [-0.25, -0.2) is 13.8 Å². The Bertz CT molecular complexity index is 1990. The number of carbonyl (C=O) groups is 1. The zero-order chi connectivity index (χ0) is 32.9. The summed E-state index contributed by atoms with van der Waals surface area (Å²) in [5.74, 6) is -4.40. The number of rotatable bonds is 5. The Morgan fingerprint density at radius 3 is 2.38 bits per heavy atom. The number of anilines is 1. The van der Waals surface area contributed by atoms with Gasteiger partial charge in [-0.05, 0) is 36.6 Å². The fourth-order valence-electron chi connectivity index (χ4n) is 5.48. The predicted molar refractivity (Wildman–Crippen MR) is 170 cm³/mol. The summed E-state index contributed by atoms with van der Waals surface area (Å²) < 4.78 is 30.3. The quantitative estimate of drug-likeness (QED) is 0.146. The second-order valence-electron chi connectivity index (χ2n) is 10.7. The Labute approximate surface area is 271 Å². The predicted octanol–water partition coefficient (Wildman–Crippen LogP) is 6.53. The van der Waals surface area contributed by atoms with Gasteiger partial charge in [0.05, 0.1) is 38.4 Å². The molecule has 4 heterocycles. The number of halogens is 5. The Morgan fingerprint density at radius 2 is 1.78 bits per heavy atom. The third-order valence-corrected chi connectivity index (χ3v) is 8.66. The summed E-state index contributed by atoms with van der Waals surface area (Å²) in [6.45, 7) is 10.2. The summed E-state index contributed by atoms with van der Waals surface area (Å²) in [5, 5.41) is 19.5. The molecule has 45 heavy (non-hydrogen) atoms. The number of amides is 1. The molecule has 1 fully saturated rings. The highest BCUT2D eigenvalue weighted by molar-refractivity contribution is 6.39. The van der Waals surface area contributed by atoms with Gasteiger partial charge in [0, 0.05) is 37.8 Å². The van der Waals surface area contributed by atoms with Crippen LogP contribution in [0.5, 0.6) is 5.75 Å². The van der Waals surface area contributed by atoms with Gasteiger partial charge in [0.15, 0.2) is 11.6 Å². The van der Waals surface area contributed by atoms with E-state index in [4.69, 9.17) is 34.8 Å². The number of phenolic OH excluding ortho intramolecular Hbond substituents is 1. The molecule has 0 atom stereocenters. The first kappa shape index (κ1) is 32.2. The molecule has 0 aliphatic carbocycles. The van der Waals surface area contributed by atoms with Crippen molar-refractivity contribution < 1.29 is 18.7 Å². The van der Waals surface area contributed by atoms with Crippen molar-refractivity contribution in [2.75, 3.05) is 31.1 Å². The van der Waals surface area contributed by atoms with Crippen LogP contribution in [0.25, 0.3) is 28.0 Å². The first-order valence-corrected chi connectivity index (χ1v) is 14.8. The molecule has 3 aromatic heterocycles. The topological polar surface area (TPSA) is 115 Å². The zero-order valence-corrected chi connectivity index (χ0v) is 26.5. The molecule has 1 N–H and O–H groups in total. The Kier molecular flexibility index (Phi) is 8.77. The summed E-state index contributed by atoms with van der Waals surface area (Å²) in [4.78, 5) is 39.1. The van der Waals surface area contributed by atoms with E-state index < -0.39 is 38.6 Å². The summed E-state index contributed by atoms with van der Waals surface area (Å²) in [6, 6.07) is 5.16. The number of nitrogens with zero attached hydrogens (tertiary/aromatic N) is 6. The van der Waals surface area contributed by atoms with E-state index in [9.17, 15) is 28.7 Å². The number of hydrogen-bond donors (Lipinski definition) is 1. The Morgan fingerprint density at radius 1 is 1.13 bits per heavy atom. The van der Waals surface area contributed by atoms with Crippen LogP contribution in [-0.4, -0.2) is 56.6 Å². The maximum absolute atomic E-state index is 14.8. The molecule has 1 aromatic carbocycles. The Hall–Kier alpha value is -4.24. The SMILES string of the molecule is C=CC(=O)N1CCN(c2c(C#N)c(=O)n(-c3c(C)ccnc3C(C)C)c3nc(-c4c(O)c(Cl)c(F)c(F)c4Cl)c(Cl)cc23)CC1. The van der Waals surface area contributed by atoms with Crippen LogP contribution in [-0.2, 0) is 4.79 Å². The number of hydrogen-bond acceptors (Lipinski definition) is 7. The normalized spacial score (nSPS) is 13.4. The third-order valence-electron chi connectivity index (χ3n) is 7.67. The number of fused-ring (bicyclic) bond motifs is 1. The van der Waals surface area contributed by atoms with Gasteiger partial charge in [-0.1, -0.05) is 55.2 Å². The van der Waals surface area contributed by atoms with Gasteiger partial charge in [0.25, 0.3) is 5.56 Å². The molecular weight excluding hydrogens is 649 g/mol.